The highest BCUT2D eigenvalue weighted by Crippen LogP contribution is 2.20. The maximum Gasteiger partial charge on any atom is 0.238 e. The maximum absolute atomic E-state index is 11.8. The molecule has 0 aromatic heterocycles. The van der Waals surface area contributed by atoms with Gasteiger partial charge in [0.2, 0.25) is 5.91 Å². The molecule has 18 heavy (non-hydrogen) atoms. The lowest BCUT2D eigenvalue weighted by molar-refractivity contribution is -0.115. The Labute approximate surface area is 112 Å². The Bertz CT molecular complexity index is 424. The minimum atomic E-state index is -0.0577. The standard InChI is InChI=1S/C13H18ClN3O/c1-17-7-6-10(9-17)15-8-13(18)16-12-5-3-2-4-11(12)14/h2-5,10,15H,6-9H2,1H3,(H,16,18). The van der Waals surface area contributed by atoms with Crippen LogP contribution < -0.4 is 10.6 Å². The second-order valence-corrected chi connectivity index (χ2v) is 5.06. The number of carbonyl (C=O) groups is 1. The molecule has 0 radical (unpaired) electrons. The molecule has 1 aromatic carbocycles. The van der Waals surface area contributed by atoms with Gasteiger partial charge in [-0.3, -0.25) is 4.79 Å². The van der Waals surface area contributed by atoms with Crippen molar-refractivity contribution < 1.29 is 4.79 Å². The van der Waals surface area contributed by atoms with Crippen LogP contribution in [0.1, 0.15) is 6.42 Å². The van der Waals surface area contributed by atoms with Crippen LogP contribution in [-0.2, 0) is 4.79 Å². The fraction of sp³-hybridized carbons (Fsp3) is 0.462. The number of para-hydroxylation sites is 1. The summed E-state index contributed by atoms with van der Waals surface area (Å²) < 4.78 is 0. The largest absolute Gasteiger partial charge is 0.324 e. The summed E-state index contributed by atoms with van der Waals surface area (Å²) in [5, 5.41) is 6.61. The number of likely N-dealkylation sites (tertiary alicyclic amines) is 1. The molecule has 2 rings (SSSR count). The van der Waals surface area contributed by atoms with Gasteiger partial charge in [0.15, 0.2) is 0 Å². The van der Waals surface area contributed by atoms with Gasteiger partial charge in [-0.25, -0.2) is 0 Å². The Kier molecular flexibility index (Phi) is 4.58. The average Bonchev–Trinajstić information content (AvgIpc) is 2.76. The number of amides is 1. The maximum atomic E-state index is 11.8. The molecule has 1 saturated heterocycles. The predicted molar refractivity (Wildman–Crippen MR) is 74.0 cm³/mol. The molecule has 1 aromatic rings. The summed E-state index contributed by atoms with van der Waals surface area (Å²) in [5.41, 5.74) is 0.662. The number of halogens is 1. The summed E-state index contributed by atoms with van der Waals surface area (Å²) in [7, 11) is 2.09. The van der Waals surface area contributed by atoms with Crippen molar-refractivity contribution in [3.63, 3.8) is 0 Å². The van der Waals surface area contributed by atoms with E-state index in [1.165, 1.54) is 0 Å². The Hall–Kier alpha value is -1.10. The molecular formula is C13H18ClN3O. The number of rotatable bonds is 4. The van der Waals surface area contributed by atoms with Gasteiger partial charge in [0, 0.05) is 12.6 Å². The van der Waals surface area contributed by atoms with Crippen molar-refractivity contribution in [1.82, 2.24) is 10.2 Å². The third-order valence-corrected chi connectivity index (χ3v) is 3.42. The molecular weight excluding hydrogens is 250 g/mol. The molecule has 5 heteroatoms. The number of anilines is 1. The van der Waals surface area contributed by atoms with Crippen LogP contribution in [0.3, 0.4) is 0 Å². The van der Waals surface area contributed by atoms with E-state index in [4.69, 9.17) is 11.6 Å². The van der Waals surface area contributed by atoms with E-state index in [2.05, 4.69) is 22.6 Å². The highest BCUT2D eigenvalue weighted by Gasteiger charge is 2.19. The van der Waals surface area contributed by atoms with Gasteiger partial charge in [-0.05, 0) is 32.1 Å². The molecule has 1 atom stereocenters. The Morgan fingerprint density at radius 1 is 1.50 bits per heavy atom. The first-order chi connectivity index (χ1) is 8.65. The summed E-state index contributed by atoms with van der Waals surface area (Å²) in [6, 6.07) is 7.65. The van der Waals surface area contributed by atoms with Crippen LogP contribution in [0.5, 0.6) is 0 Å². The first-order valence-electron chi connectivity index (χ1n) is 6.11. The molecule has 1 amide bonds. The van der Waals surface area contributed by atoms with Crippen LogP contribution in [0, 0.1) is 0 Å². The first kappa shape index (κ1) is 13.3. The van der Waals surface area contributed by atoms with E-state index in [9.17, 15) is 4.79 Å². The molecule has 0 bridgehead atoms. The number of likely N-dealkylation sites (N-methyl/N-ethyl adjacent to an activating group) is 1. The number of nitrogens with one attached hydrogen (secondary N) is 2. The van der Waals surface area contributed by atoms with Crippen LogP contribution in [0.25, 0.3) is 0 Å². The monoisotopic (exact) mass is 267 g/mol. The smallest absolute Gasteiger partial charge is 0.238 e. The van der Waals surface area contributed by atoms with Crippen molar-refractivity contribution in [2.45, 2.75) is 12.5 Å². The molecule has 0 spiro atoms. The molecule has 98 valence electrons. The SMILES string of the molecule is CN1CCC(NCC(=O)Nc2ccccc2Cl)C1. The van der Waals surface area contributed by atoms with Gasteiger partial charge in [-0.15, -0.1) is 0 Å². The molecule has 4 nitrogen and oxygen atoms in total. The van der Waals surface area contributed by atoms with Crippen molar-refractivity contribution >= 4 is 23.2 Å². The molecule has 1 aliphatic heterocycles. The summed E-state index contributed by atoms with van der Waals surface area (Å²) in [6.07, 6.45) is 1.09. The Balaban J connectivity index is 1.77. The van der Waals surface area contributed by atoms with Gasteiger partial charge in [0.1, 0.15) is 0 Å². The van der Waals surface area contributed by atoms with Crippen LogP contribution in [0.2, 0.25) is 5.02 Å². The zero-order valence-electron chi connectivity index (χ0n) is 10.4. The normalized spacial score (nSPS) is 20.0. The van der Waals surface area contributed by atoms with E-state index in [0.29, 0.717) is 23.3 Å². The lowest BCUT2D eigenvalue weighted by Crippen LogP contribution is -2.37. The fourth-order valence-electron chi connectivity index (χ4n) is 2.10. The fourth-order valence-corrected chi connectivity index (χ4v) is 2.28. The van der Waals surface area contributed by atoms with E-state index in [1.807, 2.05) is 12.1 Å². The number of carbonyl (C=O) groups excluding carboxylic acids is 1. The highest BCUT2D eigenvalue weighted by molar-refractivity contribution is 6.33. The quantitative estimate of drug-likeness (QED) is 0.871. The lowest BCUT2D eigenvalue weighted by atomic mass is 10.2. The van der Waals surface area contributed by atoms with Crippen molar-refractivity contribution in [1.29, 1.82) is 0 Å². The van der Waals surface area contributed by atoms with Crippen molar-refractivity contribution in [2.75, 3.05) is 32.0 Å². The minimum absolute atomic E-state index is 0.0577. The third-order valence-electron chi connectivity index (χ3n) is 3.09. The van der Waals surface area contributed by atoms with Gasteiger partial charge < -0.3 is 15.5 Å². The number of nitrogens with zero attached hydrogens (tertiary/aromatic N) is 1. The van der Waals surface area contributed by atoms with Gasteiger partial charge >= 0.3 is 0 Å². The highest BCUT2D eigenvalue weighted by atomic mass is 35.5. The van der Waals surface area contributed by atoms with Gasteiger partial charge in [0.05, 0.1) is 17.3 Å². The zero-order chi connectivity index (χ0) is 13.0. The van der Waals surface area contributed by atoms with Gasteiger partial charge in [-0.2, -0.15) is 0 Å². The topological polar surface area (TPSA) is 44.4 Å². The van der Waals surface area contributed by atoms with Crippen LogP contribution >= 0.6 is 11.6 Å². The molecule has 0 saturated carbocycles. The zero-order valence-corrected chi connectivity index (χ0v) is 11.2. The lowest BCUT2D eigenvalue weighted by Gasteiger charge is -2.13. The average molecular weight is 268 g/mol. The van der Waals surface area contributed by atoms with Crippen molar-refractivity contribution in [3.8, 4) is 0 Å². The van der Waals surface area contributed by atoms with E-state index >= 15 is 0 Å². The summed E-state index contributed by atoms with van der Waals surface area (Å²) >= 11 is 5.97. The molecule has 2 N–H and O–H groups in total. The molecule has 1 fully saturated rings. The van der Waals surface area contributed by atoms with Crippen molar-refractivity contribution in [3.05, 3.63) is 29.3 Å². The van der Waals surface area contributed by atoms with E-state index in [-0.39, 0.29) is 5.91 Å². The number of hydrogen-bond acceptors (Lipinski definition) is 3. The molecule has 1 unspecified atom stereocenters. The van der Waals surface area contributed by atoms with Gasteiger partial charge in [0.25, 0.3) is 0 Å². The van der Waals surface area contributed by atoms with Crippen LogP contribution in [0.4, 0.5) is 5.69 Å². The van der Waals surface area contributed by atoms with Gasteiger partial charge in [-0.1, -0.05) is 23.7 Å². The Morgan fingerprint density at radius 2 is 2.28 bits per heavy atom. The predicted octanol–water partition coefficient (Wildman–Crippen LogP) is 1.57. The third kappa shape index (κ3) is 3.70. The second-order valence-electron chi connectivity index (χ2n) is 4.66. The van der Waals surface area contributed by atoms with E-state index in [0.717, 1.165) is 19.5 Å². The van der Waals surface area contributed by atoms with E-state index < -0.39 is 0 Å². The van der Waals surface area contributed by atoms with Crippen LogP contribution in [0.15, 0.2) is 24.3 Å². The molecule has 1 aliphatic rings. The number of hydrogen-bond donors (Lipinski definition) is 2. The summed E-state index contributed by atoms with van der Waals surface area (Å²) in [4.78, 5) is 14.0. The molecule has 1 heterocycles. The number of benzene rings is 1. The minimum Gasteiger partial charge on any atom is -0.324 e. The molecule has 0 aliphatic carbocycles. The summed E-state index contributed by atoms with van der Waals surface area (Å²) in [5.74, 6) is -0.0577. The Morgan fingerprint density at radius 3 is 2.94 bits per heavy atom. The van der Waals surface area contributed by atoms with Crippen LogP contribution in [-0.4, -0.2) is 43.5 Å². The first-order valence-corrected chi connectivity index (χ1v) is 6.49. The van der Waals surface area contributed by atoms with Crippen molar-refractivity contribution in [2.24, 2.45) is 0 Å². The van der Waals surface area contributed by atoms with E-state index in [1.54, 1.807) is 12.1 Å². The second kappa shape index (κ2) is 6.18. The summed E-state index contributed by atoms with van der Waals surface area (Å²) in [6.45, 7) is 2.41.